The highest BCUT2D eigenvalue weighted by Gasteiger charge is 2.26. The molecule has 1 fully saturated rings. The van der Waals surface area contributed by atoms with Gasteiger partial charge in [-0.05, 0) is 53.9 Å². The Balaban J connectivity index is 1.48. The van der Waals surface area contributed by atoms with Crippen molar-refractivity contribution in [2.75, 3.05) is 18.4 Å². The van der Waals surface area contributed by atoms with Gasteiger partial charge in [0.1, 0.15) is 5.82 Å². The fourth-order valence-corrected chi connectivity index (χ4v) is 3.57. The van der Waals surface area contributed by atoms with Gasteiger partial charge >= 0.3 is 0 Å². The molecule has 0 aliphatic carbocycles. The number of aryl methyl sites for hydroxylation is 1. The third-order valence-corrected chi connectivity index (χ3v) is 5.45. The maximum absolute atomic E-state index is 12.4. The summed E-state index contributed by atoms with van der Waals surface area (Å²) in [5.41, 5.74) is 0.803. The Morgan fingerprint density at radius 3 is 2.73 bits per heavy atom. The van der Waals surface area contributed by atoms with Crippen LogP contribution in [0.4, 0.5) is 5.82 Å². The second-order valence-electron chi connectivity index (χ2n) is 6.08. The van der Waals surface area contributed by atoms with Crippen molar-refractivity contribution in [2.45, 2.75) is 19.8 Å². The number of rotatable bonds is 4. The number of amides is 2. The fraction of sp³-hybridized carbons (Fsp3) is 0.333. The van der Waals surface area contributed by atoms with Gasteiger partial charge in [0.2, 0.25) is 11.8 Å². The first-order valence-corrected chi connectivity index (χ1v) is 10.00. The molecule has 0 bridgehead atoms. The Morgan fingerprint density at radius 2 is 2.12 bits per heavy atom. The first kappa shape index (κ1) is 18.7. The third kappa shape index (κ3) is 4.98. The summed E-state index contributed by atoms with van der Waals surface area (Å²) >= 11 is 4.87. The summed E-state index contributed by atoms with van der Waals surface area (Å²) in [5, 5.41) is 5.74. The zero-order valence-corrected chi connectivity index (χ0v) is 16.7. The van der Waals surface area contributed by atoms with E-state index >= 15 is 0 Å². The van der Waals surface area contributed by atoms with E-state index in [2.05, 4.69) is 31.2 Å². The van der Waals surface area contributed by atoms with Gasteiger partial charge in [0.05, 0.1) is 10.7 Å². The lowest BCUT2D eigenvalue weighted by Crippen LogP contribution is -2.40. The maximum atomic E-state index is 12.4. The summed E-state index contributed by atoms with van der Waals surface area (Å²) in [6.07, 6.45) is 6.24. The monoisotopic (exact) mass is 434 g/mol. The molecule has 0 unspecified atom stereocenters. The van der Waals surface area contributed by atoms with Crippen LogP contribution in [0.2, 0.25) is 0 Å². The topological polar surface area (TPSA) is 75.2 Å². The highest BCUT2D eigenvalue weighted by atomic mass is 79.9. The van der Waals surface area contributed by atoms with Gasteiger partial charge in [0.15, 0.2) is 0 Å². The molecule has 1 N–H and O–H groups in total. The molecule has 8 heteroatoms. The van der Waals surface area contributed by atoms with E-state index < -0.39 is 0 Å². The quantitative estimate of drug-likeness (QED) is 0.747. The minimum absolute atomic E-state index is 0.0379. The van der Waals surface area contributed by atoms with Crippen LogP contribution in [0, 0.1) is 12.8 Å². The standard InChI is InChI=1S/C18H19BrN4O2S/c1-12-21-15(11-26-12)3-5-17(24)23-8-6-13(7-9-23)18(25)22-16-4-2-14(19)10-20-16/h2-5,10-11,13H,6-9H2,1H3,(H,20,22,25)/b5-3+. The van der Waals surface area contributed by atoms with Crippen LogP contribution in [0.1, 0.15) is 23.5 Å². The van der Waals surface area contributed by atoms with Crippen LogP contribution in [0.3, 0.4) is 0 Å². The number of carbonyl (C=O) groups is 2. The Kier molecular flexibility index (Phi) is 6.16. The molecule has 0 aromatic carbocycles. The molecule has 1 aliphatic rings. The Labute approximate surface area is 164 Å². The average Bonchev–Trinajstić information content (AvgIpc) is 3.07. The van der Waals surface area contributed by atoms with Gasteiger partial charge in [0, 0.05) is 41.1 Å². The van der Waals surface area contributed by atoms with Gasteiger partial charge in [-0.2, -0.15) is 0 Å². The second kappa shape index (κ2) is 8.55. The summed E-state index contributed by atoms with van der Waals surface area (Å²) in [5.74, 6) is 0.359. The Bertz CT molecular complexity index is 811. The van der Waals surface area contributed by atoms with Gasteiger partial charge in [-0.25, -0.2) is 9.97 Å². The number of nitrogens with zero attached hydrogens (tertiary/aromatic N) is 3. The number of pyridine rings is 1. The molecule has 2 aromatic heterocycles. The lowest BCUT2D eigenvalue weighted by molar-refractivity contribution is -0.130. The number of hydrogen-bond donors (Lipinski definition) is 1. The van der Waals surface area contributed by atoms with Crippen molar-refractivity contribution in [3.63, 3.8) is 0 Å². The predicted molar refractivity (Wildman–Crippen MR) is 106 cm³/mol. The van der Waals surface area contributed by atoms with Crippen molar-refractivity contribution < 1.29 is 9.59 Å². The number of aromatic nitrogens is 2. The first-order valence-electron chi connectivity index (χ1n) is 8.33. The molecule has 3 heterocycles. The van der Waals surface area contributed by atoms with E-state index in [4.69, 9.17) is 0 Å². The lowest BCUT2D eigenvalue weighted by Gasteiger charge is -2.30. The molecule has 6 nitrogen and oxygen atoms in total. The molecule has 3 rings (SSSR count). The van der Waals surface area contributed by atoms with Crippen LogP contribution in [0.15, 0.2) is 34.3 Å². The summed E-state index contributed by atoms with van der Waals surface area (Å²) in [6.45, 7) is 3.08. The zero-order valence-electron chi connectivity index (χ0n) is 14.3. The number of carbonyl (C=O) groups excluding carboxylic acids is 2. The van der Waals surface area contributed by atoms with Crippen LogP contribution in [-0.2, 0) is 9.59 Å². The number of halogens is 1. The van der Waals surface area contributed by atoms with E-state index in [0.29, 0.717) is 31.7 Å². The van der Waals surface area contributed by atoms with E-state index in [0.717, 1.165) is 15.2 Å². The lowest BCUT2D eigenvalue weighted by atomic mass is 9.96. The smallest absolute Gasteiger partial charge is 0.246 e. The molecule has 26 heavy (non-hydrogen) atoms. The number of thiazole rings is 1. The van der Waals surface area contributed by atoms with Crippen LogP contribution in [-0.4, -0.2) is 39.8 Å². The summed E-state index contributed by atoms with van der Waals surface area (Å²) in [4.78, 5) is 34.9. The Hall–Kier alpha value is -2.06. The van der Waals surface area contributed by atoms with Crippen molar-refractivity contribution in [1.82, 2.24) is 14.9 Å². The van der Waals surface area contributed by atoms with E-state index in [1.807, 2.05) is 18.4 Å². The molecule has 1 aliphatic heterocycles. The maximum Gasteiger partial charge on any atom is 0.246 e. The second-order valence-corrected chi connectivity index (χ2v) is 8.05. The van der Waals surface area contributed by atoms with Crippen LogP contribution in [0.5, 0.6) is 0 Å². The normalized spacial score (nSPS) is 15.4. The van der Waals surface area contributed by atoms with Crippen LogP contribution in [0.25, 0.3) is 6.08 Å². The minimum Gasteiger partial charge on any atom is -0.339 e. The molecule has 1 saturated heterocycles. The van der Waals surface area contributed by atoms with Crippen molar-refractivity contribution in [3.05, 3.63) is 45.0 Å². The van der Waals surface area contributed by atoms with E-state index in [1.54, 1.807) is 40.7 Å². The average molecular weight is 435 g/mol. The number of anilines is 1. The Morgan fingerprint density at radius 1 is 1.35 bits per heavy atom. The molecule has 0 atom stereocenters. The molecular weight excluding hydrogens is 416 g/mol. The molecule has 0 spiro atoms. The minimum atomic E-state index is -0.102. The number of piperidine rings is 1. The number of hydrogen-bond acceptors (Lipinski definition) is 5. The first-order chi connectivity index (χ1) is 12.5. The van der Waals surface area contributed by atoms with Gasteiger partial charge < -0.3 is 10.2 Å². The van der Waals surface area contributed by atoms with E-state index in [9.17, 15) is 9.59 Å². The number of nitrogens with one attached hydrogen (secondary N) is 1. The van der Waals surface area contributed by atoms with Gasteiger partial charge in [-0.1, -0.05) is 0 Å². The van der Waals surface area contributed by atoms with Crippen LogP contribution < -0.4 is 5.32 Å². The number of likely N-dealkylation sites (tertiary alicyclic amines) is 1. The van der Waals surface area contributed by atoms with Crippen molar-refractivity contribution in [1.29, 1.82) is 0 Å². The summed E-state index contributed by atoms with van der Waals surface area (Å²) in [7, 11) is 0. The summed E-state index contributed by atoms with van der Waals surface area (Å²) in [6, 6.07) is 3.59. The van der Waals surface area contributed by atoms with E-state index in [1.165, 1.54) is 0 Å². The zero-order chi connectivity index (χ0) is 18.5. The highest BCUT2D eigenvalue weighted by molar-refractivity contribution is 9.10. The van der Waals surface area contributed by atoms with E-state index in [-0.39, 0.29) is 17.7 Å². The van der Waals surface area contributed by atoms with Gasteiger partial charge in [0.25, 0.3) is 0 Å². The van der Waals surface area contributed by atoms with Crippen molar-refractivity contribution in [3.8, 4) is 0 Å². The van der Waals surface area contributed by atoms with Gasteiger partial charge in [-0.15, -0.1) is 11.3 Å². The molecule has 0 saturated carbocycles. The highest BCUT2D eigenvalue weighted by Crippen LogP contribution is 2.20. The van der Waals surface area contributed by atoms with Gasteiger partial charge in [-0.3, -0.25) is 9.59 Å². The van der Waals surface area contributed by atoms with Crippen LogP contribution >= 0.6 is 27.3 Å². The summed E-state index contributed by atoms with van der Waals surface area (Å²) < 4.78 is 0.864. The predicted octanol–water partition coefficient (Wildman–Crippen LogP) is 3.50. The molecule has 2 aromatic rings. The third-order valence-electron chi connectivity index (χ3n) is 4.19. The largest absolute Gasteiger partial charge is 0.339 e. The fourth-order valence-electron chi connectivity index (χ4n) is 2.76. The molecule has 0 radical (unpaired) electrons. The molecule has 136 valence electrons. The van der Waals surface area contributed by atoms with Crippen molar-refractivity contribution >= 4 is 51.0 Å². The molecular formula is C18H19BrN4O2S. The van der Waals surface area contributed by atoms with Crippen molar-refractivity contribution in [2.24, 2.45) is 5.92 Å². The SMILES string of the molecule is Cc1nc(/C=C/C(=O)N2CCC(C(=O)Nc3ccc(Br)cn3)CC2)cs1. The molecule has 2 amide bonds.